The number of halogens is 2. The van der Waals surface area contributed by atoms with E-state index in [1.807, 2.05) is 0 Å². The molecule has 4 aromatic rings. The van der Waals surface area contributed by atoms with Crippen LogP contribution in [0.5, 0.6) is 0 Å². The SMILES string of the molecule is O=S(=O)(c1ccc2nncn2c1)N(Cc1ccccc1)c1cc(F)cc(F)c1. The van der Waals surface area contributed by atoms with Crippen LogP contribution < -0.4 is 4.31 Å². The lowest BCUT2D eigenvalue weighted by molar-refractivity contribution is 0.579. The zero-order chi connectivity index (χ0) is 19.7. The Morgan fingerprint density at radius 1 is 0.964 bits per heavy atom. The second kappa shape index (κ2) is 7.01. The van der Waals surface area contributed by atoms with Gasteiger partial charge in [0, 0.05) is 12.3 Å². The molecule has 0 fully saturated rings. The lowest BCUT2D eigenvalue weighted by Gasteiger charge is -2.25. The number of hydrogen-bond donors (Lipinski definition) is 0. The molecule has 0 unspecified atom stereocenters. The van der Waals surface area contributed by atoms with Crippen LogP contribution in [0.3, 0.4) is 0 Å². The van der Waals surface area contributed by atoms with Gasteiger partial charge >= 0.3 is 0 Å². The highest BCUT2D eigenvalue weighted by Gasteiger charge is 2.27. The van der Waals surface area contributed by atoms with Gasteiger partial charge in [-0.15, -0.1) is 10.2 Å². The van der Waals surface area contributed by atoms with Gasteiger partial charge in [0.1, 0.15) is 22.9 Å². The van der Waals surface area contributed by atoms with Crippen molar-refractivity contribution in [1.82, 2.24) is 14.6 Å². The van der Waals surface area contributed by atoms with Crippen LogP contribution in [-0.4, -0.2) is 23.0 Å². The minimum absolute atomic E-state index is 0.0552. The van der Waals surface area contributed by atoms with Gasteiger partial charge in [0.25, 0.3) is 10.0 Å². The van der Waals surface area contributed by atoms with Gasteiger partial charge < -0.3 is 0 Å². The highest BCUT2D eigenvalue weighted by atomic mass is 32.2. The van der Waals surface area contributed by atoms with Gasteiger partial charge in [-0.1, -0.05) is 30.3 Å². The molecule has 0 aliphatic rings. The molecule has 0 aliphatic heterocycles. The highest BCUT2D eigenvalue weighted by Crippen LogP contribution is 2.27. The maximum Gasteiger partial charge on any atom is 0.266 e. The van der Waals surface area contributed by atoms with Crippen LogP contribution in [0.1, 0.15) is 5.56 Å². The summed E-state index contributed by atoms with van der Waals surface area (Å²) >= 11 is 0. The molecule has 2 heterocycles. The van der Waals surface area contributed by atoms with E-state index in [2.05, 4.69) is 10.2 Å². The Morgan fingerprint density at radius 3 is 2.39 bits per heavy atom. The van der Waals surface area contributed by atoms with E-state index < -0.39 is 21.7 Å². The Balaban J connectivity index is 1.85. The molecule has 0 N–H and O–H groups in total. The number of rotatable bonds is 5. The van der Waals surface area contributed by atoms with Gasteiger partial charge in [-0.25, -0.2) is 17.2 Å². The third kappa shape index (κ3) is 3.44. The lowest BCUT2D eigenvalue weighted by Crippen LogP contribution is -2.31. The molecule has 2 aromatic carbocycles. The standard InChI is InChI=1S/C19H14F2N4O2S/c20-15-8-16(21)10-17(9-15)25(11-14-4-2-1-3-5-14)28(26,27)18-6-7-19-23-22-13-24(19)12-18/h1-10,12-13H,11H2. The van der Waals surface area contributed by atoms with Crippen LogP contribution in [0.15, 0.2) is 78.1 Å². The largest absolute Gasteiger partial charge is 0.288 e. The number of pyridine rings is 1. The van der Waals surface area contributed by atoms with Gasteiger partial charge in [-0.2, -0.15) is 0 Å². The molecule has 0 aliphatic carbocycles. The van der Waals surface area contributed by atoms with Crippen molar-refractivity contribution in [3.05, 3.63) is 90.4 Å². The molecule has 142 valence electrons. The lowest BCUT2D eigenvalue weighted by atomic mass is 10.2. The van der Waals surface area contributed by atoms with Crippen molar-refractivity contribution >= 4 is 21.4 Å². The zero-order valence-electron chi connectivity index (χ0n) is 14.4. The number of fused-ring (bicyclic) bond motifs is 1. The minimum Gasteiger partial charge on any atom is -0.288 e. The first kappa shape index (κ1) is 18.1. The third-order valence-electron chi connectivity index (χ3n) is 4.16. The molecule has 0 saturated heterocycles. The number of anilines is 1. The van der Waals surface area contributed by atoms with Crippen molar-refractivity contribution in [3.8, 4) is 0 Å². The normalized spacial score (nSPS) is 11.6. The zero-order valence-corrected chi connectivity index (χ0v) is 15.2. The van der Waals surface area contributed by atoms with Gasteiger partial charge in [-0.05, 0) is 29.8 Å². The van der Waals surface area contributed by atoms with Gasteiger partial charge in [0.2, 0.25) is 0 Å². The monoisotopic (exact) mass is 400 g/mol. The van der Waals surface area contributed by atoms with Crippen molar-refractivity contribution in [1.29, 1.82) is 0 Å². The van der Waals surface area contributed by atoms with Crippen LogP contribution >= 0.6 is 0 Å². The Bertz CT molecular complexity index is 1220. The maximum absolute atomic E-state index is 13.8. The maximum atomic E-state index is 13.8. The number of aromatic nitrogens is 3. The van der Waals surface area contributed by atoms with Gasteiger partial charge in [-0.3, -0.25) is 8.71 Å². The Hall–Kier alpha value is -3.33. The fourth-order valence-electron chi connectivity index (χ4n) is 2.83. The quantitative estimate of drug-likeness (QED) is 0.515. The number of hydrogen-bond acceptors (Lipinski definition) is 4. The summed E-state index contributed by atoms with van der Waals surface area (Å²) in [5, 5.41) is 7.56. The third-order valence-corrected chi connectivity index (χ3v) is 5.91. The second-order valence-corrected chi connectivity index (χ2v) is 7.95. The van der Waals surface area contributed by atoms with E-state index in [-0.39, 0.29) is 17.1 Å². The summed E-state index contributed by atoms with van der Waals surface area (Å²) in [6.45, 7) is -0.0910. The van der Waals surface area contributed by atoms with Crippen LogP contribution in [-0.2, 0) is 16.6 Å². The predicted octanol–water partition coefficient (Wildman–Crippen LogP) is 3.40. The predicted molar refractivity (Wildman–Crippen MR) is 99.2 cm³/mol. The molecule has 0 amide bonds. The van der Waals surface area contributed by atoms with E-state index in [9.17, 15) is 17.2 Å². The van der Waals surface area contributed by atoms with E-state index in [1.54, 1.807) is 30.3 Å². The Morgan fingerprint density at radius 2 is 1.68 bits per heavy atom. The van der Waals surface area contributed by atoms with Crippen LogP contribution in [0.4, 0.5) is 14.5 Å². The molecule has 6 nitrogen and oxygen atoms in total. The summed E-state index contributed by atoms with van der Waals surface area (Å²) < 4.78 is 56.7. The smallest absolute Gasteiger partial charge is 0.266 e. The number of nitrogens with zero attached hydrogens (tertiary/aromatic N) is 4. The van der Waals surface area contributed by atoms with Crippen molar-refractivity contribution in [2.45, 2.75) is 11.4 Å². The second-order valence-electron chi connectivity index (χ2n) is 6.09. The van der Waals surface area contributed by atoms with E-state index in [1.165, 1.54) is 29.1 Å². The van der Waals surface area contributed by atoms with E-state index in [4.69, 9.17) is 0 Å². The van der Waals surface area contributed by atoms with Gasteiger partial charge in [0.15, 0.2) is 5.65 Å². The van der Waals surface area contributed by atoms with E-state index >= 15 is 0 Å². The van der Waals surface area contributed by atoms with Crippen LogP contribution in [0, 0.1) is 11.6 Å². The topological polar surface area (TPSA) is 67.6 Å². The molecule has 9 heteroatoms. The summed E-state index contributed by atoms with van der Waals surface area (Å²) in [7, 11) is -4.13. The molecule has 2 aromatic heterocycles. The molecule has 0 atom stereocenters. The molecular weight excluding hydrogens is 386 g/mol. The molecular formula is C19H14F2N4O2S. The first-order chi connectivity index (χ1) is 13.4. The average molecular weight is 400 g/mol. The van der Waals surface area contributed by atoms with Crippen molar-refractivity contribution in [3.63, 3.8) is 0 Å². The van der Waals surface area contributed by atoms with E-state index in [0.717, 1.165) is 16.4 Å². The Kier molecular flexibility index (Phi) is 4.52. The molecule has 0 bridgehead atoms. The first-order valence-corrected chi connectivity index (χ1v) is 9.70. The first-order valence-electron chi connectivity index (χ1n) is 8.26. The fraction of sp³-hybridized carbons (Fsp3) is 0.0526. The molecule has 0 spiro atoms. The van der Waals surface area contributed by atoms with Crippen molar-refractivity contribution in [2.75, 3.05) is 4.31 Å². The summed E-state index contributed by atoms with van der Waals surface area (Å²) in [4.78, 5) is -0.0552. The summed E-state index contributed by atoms with van der Waals surface area (Å²) in [5.74, 6) is -1.73. The van der Waals surface area contributed by atoms with E-state index in [0.29, 0.717) is 17.3 Å². The average Bonchev–Trinajstić information content (AvgIpc) is 3.14. The number of sulfonamides is 1. The van der Waals surface area contributed by atoms with Crippen molar-refractivity contribution < 1.29 is 17.2 Å². The van der Waals surface area contributed by atoms with Crippen LogP contribution in [0.25, 0.3) is 5.65 Å². The summed E-state index contributed by atoms with van der Waals surface area (Å²) in [5.41, 5.74) is 1.04. The molecule has 0 radical (unpaired) electrons. The van der Waals surface area contributed by atoms with Crippen molar-refractivity contribution in [2.24, 2.45) is 0 Å². The van der Waals surface area contributed by atoms with Gasteiger partial charge in [0.05, 0.1) is 12.2 Å². The molecule has 0 saturated carbocycles. The fourth-order valence-corrected chi connectivity index (χ4v) is 4.28. The summed E-state index contributed by atoms with van der Waals surface area (Å²) in [6.07, 6.45) is 2.73. The highest BCUT2D eigenvalue weighted by molar-refractivity contribution is 7.92. The van der Waals surface area contributed by atoms with Crippen LogP contribution in [0.2, 0.25) is 0 Å². The minimum atomic E-state index is -4.13. The summed E-state index contributed by atoms with van der Waals surface area (Å²) in [6, 6.07) is 14.3. The molecule has 4 rings (SSSR count). The molecule has 28 heavy (non-hydrogen) atoms. The number of benzene rings is 2. The Labute approximate surface area is 159 Å².